The SMILES string of the molecule is C=C(C)C(=O)NCCc1ccc(C2CCC(C3CCC(CCCCC)CC3)CC2)cc1. The second kappa shape index (κ2) is 12.5. The molecule has 0 spiro atoms. The number of hydrogen-bond acceptors (Lipinski definition) is 1. The second-order valence-corrected chi connectivity index (χ2v) is 10.4. The Balaban J connectivity index is 1.37. The van der Waals surface area contributed by atoms with Crippen molar-refractivity contribution in [1.82, 2.24) is 5.32 Å². The largest absolute Gasteiger partial charge is 0.352 e. The van der Waals surface area contributed by atoms with Gasteiger partial charge in [0.2, 0.25) is 5.91 Å². The van der Waals surface area contributed by atoms with Crippen LogP contribution in [0.25, 0.3) is 0 Å². The molecule has 0 saturated heterocycles. The average molecular weight is 424 g/mol. The van der Waals surface area contributed by atoms with Gasteiger partial charge in [-0.25, -0.2) is 0 Å². The smallest absolute Gasteiger partial charge is 0.246 e. The second-order valence-electron chi connectivity index (χ2n) is 10.4. The van der Waals surface area contributed by atoms with Gasteiger partial charge in [0.05, 0.1) is 0 Å². The van der Waals surface area contributed by atoms with E-state index in [-0.39, 0.29) is 5.91 Å². The average Bonchev–Trinajstić information content (AvgIpc) is 2.80. The zero-order valence-corrected chi connectivity index (χ0v) is 20.1. The molecule has 2 fully saturated rings. The van der Waals surface area contributed by atoms with Gasteiger partial charge in [-0.15, -0.1) is 0 Å². The van der Waals surface area contributed by atoms with Crippen LogP contribution in [0.2, 0.25) is 0 Å². The number of unbranched alkanes of at least 4 members (excludes halogenated alkanes) is 2. The van der Waals surface area contributed by atoms with Crippen molar-refractivity contribution in [2.45, 2.75) is 103 Å². The molecule has 2 nitrogen and oxygen atoms in total. The predicted octanol–water partition coefficient (Wildman–Crippen LogP) is 7.58. The van der Waals surface area contributed by atoms with Crippen LogP contribution in [0, 0.1) is 17.8 Å². The summed E-state index contributed by atoms with van der Waals surface area (Å²) in [6, 6.07) is 9.19. The summed E-state index contributed by atoms with van der Waals surface area (Å²) in [6.45, 7) is 8.42. The third-order valence-electron chi connectivity index (χ3n) is 8.08. The molecule has 1 aromatic carbocycles. The van der Waals surface area contributed by atoms with Crippen molar-refractivity contribution in [3.05, 3.63) is 47.5 Å². The van der Waals surface area contributed by atoms with Crippen LogP contribution >= 0.6 is 0 Å². The molecule has 172 valence electrons. The molecular weight excluding hydrogens is 378 g/mol. The summed E-state index contributed by atoms with van der Waals surface area (Å²) in [5, 5.41) is 2.92. The molecule has 1 aromatic rings. The molecule has 0 bridgehead atoms. The Kier molecular flexibility index (Phi) is 9.68. The van der Waals surface area contributed by atoms with Crippen molar-refractivity contribution in [2.24, 2.45) is 17.8 Å². The van der Waals surface area contributed by atoms with E-state index in [9.17, 15) is 4.79 Å². The summed E-state index contributed by atoms with van der Waals surface area (Å²) in [6.07, 6.45) is 18.2. The van der Waals surface area contributed by atoms with Crippen molar-refractivity contribution in [1.29, 1.82) is 0 Å². The van der Waals surface area contributed by atoms with Gasteiger partial charge in [0, 0.05) is 12.1 Å². The molecule has 3 rings (SSSR count). The van der Waals surface area contributed by atoms with E-state index in [1.807, 2.05) is 0 Å². The van der Waals surface area contributed by atoms with Crippen molar-refractivity contribution in [3.8, 4) is 0 Å². The molecule has 0 radical (unpaired) electrons. The van der Waals surface area contributed by atoms with E-state index in [1.165, 1.54) is 88.2 Å². The van der Waals surface area contributed by atoms with E-state index in [4.69, 9.17) is 0 Å². The Morgan fingerprint density at radius 3 is 2.13 bits per heavy atom. The van der Waals surface area contributed by atoms with Gasteiger partial charge in [-0.1, -0.05) is 76.3 Å². The van der Waals surface area contributed by atoms with Gasteiger partial charge in [0.1, 0.15) is 0 Å². The van der Waals surface area contributed by atoms with Crippen LogP contribution in [0.15, 0.2) is 36.4 Å². The maximum absolute atomic E-state index is 11.6. The minimum absolute atomic E-state index is 0.0432. The molecule has 0 aliphatic heterocycles. The van der Waals surface area contributed by atoms with Crippen LogP contribution in [0.1, 0.15) is 108 Å². The highest BCUT2D eigenvalue weighted by molar-refractivity contribution is 5.92. The van der Waals surface area contributed by atoms with Crippen molar-refractivity contribution < 1.29 is 4.79 Å². The highest BCUT2D eigenvalue weighted by Gasteiger charge is 2.31. The first-order chi connectivity index (χ1) is 15.1. The van der Waals surface area contributed by atoms with Crippen LogP contribution < -0.4 is 5.32 Å². The lowest BCUT2D eigenvalue weighted by atomic mass is 9.68. The molecule has 2 aliphatic rings. The first kappa shape index (κ1) is 24.1. The summed E-state index contributed by atoms with van der Waals surface area (Å²) in [4.78, 5) is 11.6. The quantitative estimate of drug-likeness (QED) is 0.305. The first-order valence-electron chi connectivity index (χ1n) is 13.1. The summed E-state index contributed by atoms with van der Waals surface area (Å²) < 4.78 is 0. The number of nitrogens with one attached hydrogen (secondary N) is 1. The van der Waals surface area contributed by atoms with Gasteiger partial charge in [-0.3, -0.25) is 4.79 Å². The Morgan fingerprint density at radius 1 is 0.935 bits per heavy atom. The summed E-state index contributed by atoms with van der Waals surface area (Å²) in [5.74, 6) is 3.74. The normalized spacial score (nSPS) is 26.4. The molecule has 1 N–H and O–H groups in total. The van der Waals surface area contributed by atoms with Crippen molar-refractivity contribution in [3.63, 3.8) is 0 Å². The zero-order chi connectivity index (χ0) is 22.1. The predicted molar refractivity (Wildman–Crippen MR) is 132 cm³/mol. The standard InChI is InChI=1S/C29H45NO/c1-4-5-6-7-23-8-12-25(13-9-23)27-16-18-28(19-17-27)26-14-10-24(11-15-26)20-21-30-29(31)22(2)3/h10-11,14-15,23,25,27-28H,2,4-9,12-13,16-21H2,1,3H3,(H,30,31). The molecule has 2 heteroatoms. The lowest BCUT2D eigenvalue weighted by Gasteiger charge is -2.38. The van der Waals surface area contributed by atoms with E-state index in [0.29, 0.717) is 12.1 Å². The van der Waals surface area contributed by atoms with Crippen molar-refractivity contribution in [2.75, 3.05) is 6.54 Å². The van der Waals surface area contributed by atoms with Gasteiger partial charge in [-0.05, 0) is 86.7 Å². The molecule has 0 aromatic heterocycles. The minimum atomic E-state index is -0.0432. The van der Waals surface area contributed by atoms with Crippen LogP contribution in [0.4, 0.5) is 0 Å². The van der Waals surface area contributed by atoms with E-state index >= 15 is 0 Å². The fourth-order valence-electron chi connectivity index (χ4n) is 5.98. The molecule has 2 saturated carbocycles. The van der Waals surface area contributed by atoms with Gasteiger partial charge < -0.3 is 5.32 Å². The third kappa shape index (κ3) is 7.51. The Bertz CT molecular complexity index is 675. The Morgan fingerprint density at radius 2 is 1.55 bits per heavy atom. The molecule has 0 unspecified atom stereocenters. The number of benzene rings is 1. The van der Waals surface area contributed by atoms with E-state index < -0.39 is 0 Å². The molecule has 1 amide bonds. The lowest BCUT2D eigenvalue weighted by Crippen LogP contribution is -2.26. The molecular formula is C29H45NO. The molecule has 31 heavy (non-hydrogen) atoms. The van der Waals surface area contributed by atoms with Crippen LogP contribution in [-0.2, 0) is 11.2 Å². The highest BCUT2D eigenvalue weighted by Crippen LogP contribution is 2.44. The summed E-state index contributed by atoms with van der Waals surface area (Å²) in [5.41, 5.74) is 3.40. The number of carbonyl (C=O) groups excluding carboxylic acids is 1. The molecule has 2 aliphatic carbocycles. The fourth-order valence-corrected chi connectivity index (χ4v) is 5.98. The maximum atomic E-state index is 11.6. The first-order valence-corrected chi connectivity index (χ1v) is 13.1. The number of carbonyl (C=O) groups is 1. The van der Waals surface area contributed by atoms with Gasteiger partial charge >= 0.3 is 0 Å². The van der Waals surface area contributed by atoms with Gasteiger partial charge in [-0.2, -0.15) is 0 Å². The van der Waals surface area contributed by atoms with Crippen molar-refractivity contribution >= 4 is 5.91 Å². The van der Waals surface area contributed by atoms with Crippen LogP contribution in [0.3, 0.4) is 0 Å². The number of rotatable bonds is 10. The lowest BCUT2D eigenvalue weighted by molar-refractivity contribution is -0.117. The fraction of sp³-hybridized carbons (Fsp3) is 0.690. The van der Waals surface area contributed by atoms with Gasteiger partial charge in [0.25, 0.3) is 0 Å². The summed E-state index contributed by atoms with van der Waals surface area (Å²) >= 11 is 0. The minimum Gasteiger partial charge on any atom is -0.352 e. The zero-order valence-electron chi connectivity index (χ0n) is 20.1. The van der Waals surface area contributed by atoms with Gasteiger partial charge in [0.15, 0.2) is 0 Å². The van der Waals surface area contributed by atoms with E-state index in [1.54, 1.807) is 6.92 Å². The molecule has 0 atom stereocenters. The van der Waals surface area contributed by atoms with E-state index in [2.05, 4.69) is 43.1 Å². The number of amides is 1. The monoisotopic (exact) mass is 423 g/mol. The van der Waals surface area contributed by atoms with Crippen LogP contribution in [0.5, 0.6) is 0 Å². The van der Waals surface area contributed by atoms with Crippen LogP contribution in [-0.4, -0.2) is 12.5 Å². The topological polar surface area (TPSA) is 29.1 Å². The maximum Gasteiger partial charge on any atom is 0.246 e. The highest BCUT2D eigenvalue weighted by atomic mass is 16.1. The summed E-state index contributed by atoms with van der Waals surface area (Å²) in [7, 11) is 0. The third-order valence-corrected chi connectivity index (χ3v) is 8.08. The number of hydrogen-bond donors (Lipinski definition) is 1. The Hall–Kier alpha value is -1.57. The van der Waals surface area contributed by atoms with E-state index in [0.717, 1.165) is 30.1 Å². The Labute approximate surface area is 191 Å². The molecule has 0 heterocycles.